The van der Waals surface area contributed by atoms with Gasteiger partial charge in [-0.25, -0.2) is 4.39 Å². The monoisotopic (exact) mass is 253 g/mol. The van der Waals surface area contributed by atoms with Gasteiger partial charge >= 0.3 is 0 Å². The van der Waals surface area contributed by atoms with Crippen molar-refractivity contribution in [2.75, 3.05) is 20.3 Å². The van der Waals surface area contributed by atoms with Gasteiger partial charge in [0.05, 0.1) is 6.61 Å². The lowest BCUT2D eigenvalue weighted by molar-refractivity contribution is 0.152. The standard InChI is InChI=1S/C14H20FNO2/c1-3-12(9-17-2)16-8-13-7-10-6-11(15)4-5-14(10)18-13/h4-6,12-13,16H,3,7-9H2,1-2H3. The Morgan fingerprint density at radius 3 is 3.11 bits per heavy atom. The third kappa shape index (κ3) is 3.21. The fourth-order valence-corrected chi connectivity index (χ4v) is 2.22. The number of fused-ring (bicyclic) bond motifs is 1. The molecule has 0 fully saturated rings. The summed E-state index contributed by atoms with van der Waals surface area (Å²) in [6.45, 7) is 3.58. The van der Waals surface area contributed by atoms with Crippen LogP contribution in [0.5, 0.6) is 5.75 Å². The van der Waals surface area contributed by atoms with Crippen LogP contribution >= 0.6 is 0 Å². The number of benzene rings is 1. The number of hydrogen-bond acceptors (Lipinski definition) is 3. The molecule has 0 bridgehead atoms. The van der Waals surface area contributed by atoms with Crippen LogP contribution in [0, 0.1) is 5.82 Å². The minimum Gasteiger partial charge on any atom is -0.488 e. The molecule has 2 rings (SSSR count). The first-order valence-corrected chi connectivity index (χ1v) is 6.40. The van der Waals surface area contributed by atoms with E-state index in [9.17, 15) is 4.39 Å². The van der Waals surface area contributed by atoms with Gasteiger partial charge in [-0.3, -0.25) is 0 Å². The predicted molar refractivity (Wildman–Crippen MR) is 68.5 cm³/mol. The van der Waals surface area contributed by atoms with Gasteiger partial charge in [-0.2, -0.15) is 0 Å². The minimum absolute atomic E-state index is 0.0905. The number of rotatable bonds is 6. The van der Waals surface area contributed by atoms with E-state index in [4.69, 9.17) is 9.47 Å². The van der Waals surface area contributed by atoms with E-state index < -0.39 is 0 Å². The first kappa shape index (κ1) is 13.3. The van der Waals surface area contributed by atoms with Crippen LogP contribution in [0.1, 0.15) is 18.9 Å². The van der Waals surface area contributed by atoms with E-state index in [-0.39, 0.29) is 11.9 Å². The lowest BCUT2D eigenvalue weighted by atomic mass is 10.1. The fourth-order valence-electron chi connectivity index (χ4n) is 2.22. The third-order valence-electron chi connectivity index (χ3n) is 3.26. The summed E-state index contributed by atoms with van der Waals surface area (Å²) in [5.41, 5.74) is 0.960. The van der Waals surface area contributed by atoms with Crippen molar-refractivity contribution >= 4 is 0 Å². The smallest absolute Gasteiger partial charge is 0.123 e. The minimum atomic E-state index is -0.197. The summed E-state index contributed by atoms with van der Waals surface area (Å²) in [5, 5.41) is 3.42. The van der Waals surface area contributed by atoms with Gasteiger partial charge in [-0.15, -0.1) is 0 Å². The van der Waals surface area contributed by atoms with Crippen LogP contribution in [0.25, 0.3) is 0 Å². The van der Waals surface area contributed by atoms with E-state index in [0.717, 1.165) is 30.7 Å². The molecule has 0 saturated carbocycles. The van der Waals surface area contributed by atoms with E-state index in [1.54, 1.807) is 19.2 Å². The van der Waals surface area contributed by atoms with Crippen molar-refractivity contribution in [2.24, 2.45) is 0 Å². The summed E-state index contributed by atoms with van der Waals surface area (Å²) in [7, 11) is 1.70. The highest BCUT2D eigenvalue weighted by Gasteiger charge is 2.23. The average Bonchev–Trinajstić information content (AvgIpc) is 2.76. The van der Waals surface area contributed by atoms with Crippen LogP contribution in [0.2, 0.25) is 0 Å². The molecule has 100 valence electrons. The highest BCUT2D eigenvalue weighted by molar-refractivity contribution is 5.37. The summed E-state index contributed by atoms with van der Waals surface area (Å²) in [6, 6.07) is 5.05. The lowest BCUT2D eigenvalue weighted by Crippen LogP contribution is -2.39. The SMILES string of the molecule is CCC(COC)NCC1Cc2cc(F)ccc2O1. The maximum absolute atomic E-state index is 13.1. The Morgan fingerprint density at radius 1 is 1.56 bits per heavy atom. The summed E-state index contributed by atoms with van der Waals surface area (Å²) < 4.78 is 24.0. The molecule has 1 heterocycles. The maximum Gasteiger partial charge on any atom is 0.123 e. The molecule has 0 aromatic heterocycles. The van der Waals surface area contributed by atoms with Crippen molar-refractivity contribution < 1.29 is 13.9 Å². The van der Waals surface area contributed by atoms with Crippen LogP contribution in [0.15, 0.2) is 18.2 Å². The molecule has 0 spiro atoms. The summed E-state index contributed by atoms with van der Waals surface area (Å²) in [4.78, 5) is 0. The number of hydrogen-bond donors (Lipinski definition) is 1. The Morgan fingerprint density at radius 2 is 2.39 bits per heavy atom. The fraction of sp³-hybridized carbons (Fsp3) is 0.571. The number of methoxy groups -OCH3 is 1. The molecule has 1 aromatic carbocycles. The van der Waals surface area contributed by atoms with Crippen LogP contribution in [0.4, 0.5) is 4.39 Å². The molecule has 0 amide bonds. The van der Waals surface area contributed by atoms with Crippen molar-refractivity contribution in [3.8, 4) is 5.75 Å². The zero-order chi connectivity index (χ0) is 13.0. The van der Waals surface area contributed by atoms with Gasteiger partial charge in [-0.05, 0) is 24.6 Å². The van der Waals surface area contributed by atoms with Gasteiger partial charge in [0.15, 0.2) is 0 Å². The Hall–Kier alpha value is -1.13. The molecule has 4 heteroatoms. The Labute approximate surface area is 107 Å². The van der Waals surface area contributed by atoms with E-state index >= 15 is 0 Å². The first-order valence-electron chi connectivity index (χ1n) is 6.40. The molecule has 1 aliphatic rings. The molecule has 0 saturated heterocycles. The highest BCUT2D eigenvalue weighted by Crippen LogP contribution is 2.28. The van der Waals surface area contributed by atoms with Crippen molar-refractivity contribution in [3.63, 3.8) is 0 Å². The molecule has 0 aliphatic carbocycles. The van der Waals surface area contributed by atoms with Crippen LogP contribution in [-0.4, -0.2) is 32.4 Å². The van der Waals surface area contributed by atoms with Gasteiger partial charge < -0.3 is 14.8 Å². The maximum atomic E-state index is 13.1. The molecule has 3 nitrogen and oxygen atoms in total. The molecule has 2 atom stereocenters. The molecule has 2 unspecified atom stereocenters. The lowest BCUT2D eigenvalue weighted by Gasteiger charge is -2.18. The Balaban J connectivity index is 1.84. The van der Waals surface area contributed by atoms with Crippen molar-refractivity contribution in [1.29, 1.82) is 0 Å². The Bertz CT molecular complexity index is 397. The zero-order valence-corrected chi connectivity index (χ0v) is 10.9. The van der Waals surface area contributed by atoms with Crippen LogP contribution < -0.4 is 10.1 Å². The van der Waals surface area contributed by atoms with E-state index in [1.807, 2.05) is 0 Å². The normalized spacial score (nSPS) is 19.4. The van der Waals surface area contributed by atoms with Gasteiger partial charge in [0, 0.05) is 31.7 Å². The second kappa shape index (κ2) is 6.16. The quantitative estimate of drug-likeness (QED) is 0.842. The topological polar surface area (TPSA) is 30.5 Å². The van der Waals surface area contributed by atoms with E-state index in [2.05, 4.69) is 12.2 Å². The second-order valence-electron chi connectivity index (χ2n) is 4.66. The van der Waals surface area contributed by atoms with Gasteiger partial charge in [0.2, 0.25) is 0 Å². The molecule has 1 aliphatic heterocycles. The Kier molecular flexibility index (Phi) is 4.55. The third-order valence-corrected chi connectivity index (χ3v) is 3.26. The first-order chi connectivity index (χ1) is 8.72. The zero-order valence-electron chi connectivity index (χ0n) is 10.9. The molecule has 0 radical (unpaired) electrons. The summed E-state index contributed by atoms with van der Waals surface area (Å²) >= 11 is 0. The van der Waals surface area contributed by atoms with Gasteiger partial charge in [0.1, 0.15) is 17.7 Å². The molecular formula is C14H20FNO2. The van der Waals surface area contributed by atoms with E-state index in [1.165, 1.54) is 6.07 Å². The van der Waals surface area contributed by atoms with Crippen molar-refractivity contribution in [1.82, 2.24) is 5.32 Å². The van der Waals surface area contributed by atoms with Gasteiger partial charge in [0.25, 0.3) is 0 Å². The largest absolute Gasteiger partial charge is 0.488 e. The van der Waals surface area contributed by atoms with E-state index in [0.29, 0.717) is 12.6 Å². The molecule has 1 N–H and O–H groups in total. The molecule has 18 heavy (non-hydrogen) atoms. The number of nitrogens with one attached hydrogen (secondary N) is 1. The molecule has 1 aromatic rings. The number of halogens is 1. The van der Waals surface area contributed by atoms with Gasteiger partial charge in [-0.1, -0.05) is 6.92 Å². The second-order valence-corrected chi connectivity index (χ2v) is 4.66. The average molecular weight is 253 g/mol. The molecular weight excluding hydrogens is 233 g/mol. The number of ether oxygens (including phenoxy) is 2. The predicted octanol–water partition coefficient (Wildman–Crippen LogP) is 2.14. The van der Waals surface area contributed by atoms with Crippen molar-refractivity contribution in [3.05, 3.63) is 29.6 Å². The summed E-state index contributed by atoms with van der Waals surface area (Å²) in [6.07, 6.45) is 1.87. The van der Waals surface area contributed by atoms with Crippen molar-refractivity contribution in [2.45, 2.75) is 31.9 Å². The summed E-state index contributed by atoms with van der Waals surface area (Å²) in [5.74, 6) is 0.611. The van der Waals surface area contributed by atoms with Crippen LogP contribution in [-0.2, 0) is 11.2 Å². The highest BCUT2D eigenvalue weighted by atomic mass is 19.1. The van der Waals surface area contributed by atoms with Crippen LogP contribution in [0.3, 0.4) is 0 Å².